The lowest BCUT2D eigenvalue weighted by molar-refractivity contribution is -0.167. The molecule has 6 nitrogen and oxygen atoms in total. The van der Waals surface area contributed by atoms with Crippen LogP contribution in [0.4, 0.5) is 0 Å². The van der Waals surface area contributed by atoms with Crippen molar-refractivity contribution < 1.29 is 28.6 Å². The van der Waals surface area contributed by atoms with Crippen LogP contribution in [0, 0.1) is 0 Å². The van der Waals surface area contributed by atoms with Crippen LogP contribution in [0.3, 0.4) is 0 Å². The van der Waals surface area contributed by atoms with Gasteiger partial charge >= 0.3 is 17.9 Å². The van der Waals surface area contributed by atoms with Gasteiger partial charge in [-0.15, -0.1) is 0 Å². The molecule has 0 aromatic heterocycles. The molecule has 0 amide bonds. The average molecular weight is 1120 g/mol. The molecule has 0 radical (unpaired) electrons. The first kappa shape index (κ1) is 76.9. The van der Waals surface area contributed by atoms with Crippen LogP contribution in [0.25, 0.3) is 0 Å². The Labute approximate surface area is 497 Å². The minimum atomic E-state index is -0.773. The van der Waals surface area contributed by atoms with Gasteiger partial charge in [0.2, 0.25) is 0 Å². The molecule has 0 aliphatic rings. The van der Waals surface area contributed by atoms with Crippen molar-refractivity contribution in [3.8, 4) is 0 Å². The van der Waals surface area contributed by atoms with Gasteiger partial charge in [-0.3, -0.25) is 14.4 Å². The summed E-state index contributed by atoms with van der Waals surface area (Å²) in [6.45, 7) is 6.53. The topological polar surface area (TPSA) is 78.9 Å². The van der Waals surface area contributed by atoms with E-state index in [-0.39, 0.29) is 31.1 Å². The zero-order valence-electron chi connectivity index (χ0n) is 53.3. The Morgan fingerprint density at radius 3 is 0.762 bits per heavy atom. The third kappa shape index (κ3) is 65.7. The molecule has 1 unspecified atom stereocenters. The lowest BCUT2D eigenvalue weighted by Crippen LogP contribution is -2.30. The monoisotopic (exact) mass is 1120 g/mol. The third-order valence-corrected chi connectivity index (χ3v) is 15.4. The van der Waals surface area contributed by atoms with Crippen LogP contribution >= 0.6 is 0 Å². The molecule has 0 aromatic carbocycles. The molecule has 0 N–H and O–H groups in total. The van der Waals surface area contributed by atoms with Crippen molar-refractivity contribution >= 4 is 17.9 Å². The quantitative estimate of drug-likeness (QED) is 0.0261. The number of hydrogen-bond acceptors (Lipinski definition) is 6. The predicted molar refractivity (Wildman–Crippen MR) is 348 cm³/mol. The largest absolute Gasteiger partial charge is 0.462 e. The van der Waals surface area contributed by atoms with Crippen LogP contribution in [-0.2, 0) is 28.6 Å². The Balaban J connectivity index is 4.04. The molecule has 0 spiro atoms. The molecule has 0 bridgehead atoms. The molecule has 0 heterocycles. The molecule has 0 rings (SSSR count). The van der Waals surface area contributed by atoms with Gasteiger partial charge in [0.15, 0.2) is 6.10 Å². The molecule has 0 saturated heterocycles. The molecule has 80 heavy (non-hydrogen) atoms. The highest BCUT2D eigenvalue weighted by Crippen LogP contribution is 2.18. The van der Waals surface area contributed by atoms with Gasteiger partial charge in [0.1, 0.15) is 13.2 Å². The first-order valence-electron chi connectivity index (χ1n) is 34.9. The summed E-state index contributed by atoms with van der Waals surface area (Å²) < 4.78 is 16.9. The van der Waals surface area contributed by atoms with Gasteiger partial charge in [-0.1, -0.05) is 325 Å². The van der Waals surface area contributed by atoms with Crippen molar-refractivity contribution in [2.24, 2.45) is 0 Å². The Morgan fingerprint density at radius 1 is 0.263 bits per heavy atom. The summed E-state index contributed by atoms with van der Waals surface area (Å²) in [4.78, 5) is 38.2. The summed E-state index contributed by atoms with van der Waals surface area (Å²) in [5.41, 5.74) is 0. The maximum atomic E-state index is 12.9. The van der Waals surface area contributed by atoms with E-state index >= 15 is 0 Å². The highest BCUT2D eigenvalue weighted by atomic mass is 16.6. The second-order valence-corrected chi connectivity index (χ2v) is 23.4. The maximum Gasteiger partial charge on any atom is 0.306 e. The van der Waals surface area contributed by atoms with Gasteiger partial charge in [-0.25, -0.2) is 0 Å². The van der Waals surface area contributed by atoms with Gasteiger partial charge in [0, 0.05) is 19.3 Å². The predicted octanol–water partition coefficient (Wildman–Crippen LogP) is 24.1. The summed E-state index contributed by atoms with van der Waals surface area (Å²) in [5, 5.41) is 0. The van der Waals surface area contributed by atoms with Crippen molar-refractivity contribution in [3.05, 3.63) is 72.9 Å². The zero-order chi connectivity index (χ0) is 57.8. The highest BCUT2D eigenvalue weighted by molar-refractivity contribution is 5.71. The molecule has 0 aliphatic carbocycles. The molecule has 1 atom stereocenters. The summed E-state index contributed by atoms with van der Waals surface area (Å²) in [6, 6.07) is 0. The van der Waals surface area contributed by atoms with E-state index in [0.717, 1.165) is 89.9 Å². The van der Waals surface area contributed by atoms with Gasteiger partial charge in [0.05, 0.1) is 0 Å². The van der Waals surface area contributed by atoms with Crippen LogP contribution in [-0.4, -0.2) is 37.2 Å². The number of rotatable bonds is 64. The van der Waals surface area contributed by atoms with Crippen LogP contribution in [0.15, 0.2) is 72.9 Å². The normalized spacial score (nSPS) is 12.5. The first-order chi connectivity index (χ1) is 39.5. The average Bonchev–Trinajstić information content (AvgIpc) is 3.46. The van der Waals surface area contributed by atoms with E-state index in [0.29, 0.717) is 19.3 Å². The van der Waals surface area contributed by atoms with Crippen LogP contribution in [0.1, 0.15) is 361 Å². The van der Waals surface area contributed by atoms with Crippen LogP contribution < -0.4 is 0 Å². The van der Waals surface area contributed by atoms with E-state index in [1.54, 1.807) is 0 Å². The number of allylic oxidation sites excluding steroid dienone is 12. The molecular formula is C74H132O6. The van der Waals surface area contributed by atoms with E-state index in [9.17, 15) is 14.4 Å². The summed E-state index contributed by atoms with van der Waals surface area (Å²) in [7, 11) is 0. The van der Waals surface area contributed by atoms with E-state index < -0.39 is 6.10 Å². The summed E-state index contributed by atoms with van der Waals surface area (Å²) in [5.74, 6) is -0.860. The Morgan fingerprint density at radius 2 is 0.487 bits per heavy atom. The van der Waals surface area contributed by atoms with Crippen molar-refractivity contribution in [1.82, 2.24) is 0 Å². The zero-order valence-corrected chi connectivity index (χ0v) is 53.3. The lowest BCUT2D eigenvalue weighted by atomic mass is 10.0. The van der Waals surface area contributed by atoms with Crippen LogP contribution in [0.5, 0.6) is 0 Å². The molecule has 0 aromatic rings. The Bertz CT molecular complexity index is 1470. The minimum absolute atomic E-state index is 0.0716. The highest BCUT2D eigenvalue weighted by Gasteiger charge is 2.19. The van der Waals surface area contributed by atoms with Gasteiger partial charge in [0.25, 0.3) is 0 Å². The number of ether oxygens (including phenoxy) is 3. The van der Waals surface area contributed by atoms with Gasteiger partial charge in [-0.2, -0.15) is 0 Å². The Kier molecular flexibility index (Phi) is 65.7. The van der Waals surface area contributed by atoms with Crippen molar-refractivity contribution in [3.63, 3.8) is 0 Å². The molecular weight excluding hydrogens is 985 g/mol. The van der Waals surface area contributed by atoms with E-state index in [1.807, 2.05) is 0 Å². The van der Waals surface area contributed by atoms with E-state index in [2.05, 4.69) is 93.7 Å². The van der Waals surface area contributed by atoms with Crippen molar-refractivity contribution in [2.75, 3.05) is 13.2 Å². The van der Waals surface area contributed by atoms with Crippen molar-refractivity contribution in [2.45, 2.75) is 367 Å². The SMILES string of the molecule is CC/C=C\C/C=C\C/C=C\C/C=C\CCCCCCCCCCCCCCCCCCCCCCC(=O)OCC(COC(=O)CCCCCCCCCC)OC(=O)CCCCCCCCCCC/C=C\C/C=C\CCCCCCC. The van der Waals surface area contributed by atoms with E-state index in [4.69, 9.17) is 14.2 Å². The summed E-state index contributed by atoms with van der Waals surface area (Å²) >= 11 is 0. The number of hydrogen-bond donors (Lipinski definition) is 0. The first-order valence-corrected chi connectivity index (χ1v) is 34.9. The van der Waals surface area contributed by atoms with Gasteiger partial charge < -0.3 is 14.2 Å². The molecule has 6 heteroatoms. The number of esters is 3. The maximum absolute atomic E-state index is 12.9. The minimum Gasteiger partial charge on any atom is -0.462 e. The number of carbonyl (C=O) groups is 3. The Hall–Kier alpha value is -3.15. The standard InChI is InChI=1S/C74H132O6/c1-4-7-10-13-16-19-21-23-25-27-29-31-32-33-34-35-36-37-38-39-40-41-42-44-45-47-49-51-53-55-58-61-64-67-73(76)79-70-71(69-78-72(75)66-63-60-57-18-15-12-9-6-3)80-74(77)68-65-62-59-56-54-52-50-48-46-43-30-28-26-24-22-20-17-14-11-8-5-2/h7,10,16,19,22-25,28-31,71H,4-6,8-9,11-15,17-18,20-21,26-27,32-70H2,1-3H3/b10-7-,19-16-,24-22-,25-23-,30-28-,31-29-. The lowest BCUT2D eigenvalue weighted by Gasteiger charge is -2.18. The van der Waals surface area contributed by atoms with Crippen molar-refractivity contribution in [1.29, 1.82) is 0 Å². The van der Waals surface area contributed by atoms with Crippen LogP contribution in [0.2, 0.25) is 0 Å². The fraction of sp³-hybridized carbons (Fsp3) is 0.797. The fourth-order valence-electron chi connectivity index (χ4n) is 10.2. The molecule has 464 valence electrons. The fourth-order valence-corrected chi connectivity index (χ4v) is 10.2. The third-order valence-electron chi connectivity index (χ3n) is 15.4. The second kappa shape index (κ2) is 68.3. The second-order valence-electron chi connectivity index (χ2n) is 23.4. The molecule has 0 fully saturated rings. The number of carbonyl (C=O) groups excluding carboxylic acids is 3. The van der Waals surface area contributed by atoms with Gasteiger partial charge in [-0.05, 0) is 89.9 Å². The summed E-state index contributed by atoms with van der Waals surface area (Å²) in [6.07, 6.45) is 89.5. The molecule has 0 aliphatic heterocycles. The molecule has 0 saturated carbocycles. The smallest absolute Gasteiger partial charge is 0.306 e. The number of unbranched alkanes of at least 4 members (excludes halogenated alkanes) is 41. The van der Waals surface area contributed by atoms with E-state index in [1.165, 1.54) is 231 Å².